The van der Waals surface area contributed by atoms with E-state index >= 15 is 0 Å². The Kier molecular flexibility index (Phi) is 3.78. The molecule has 22 heavy (non-hydrogen) atoms. The Bertz CT molecular complexity index is 691. The Morgan fingerprint density at radius 3 is 2.91 bits per heavy atom. The maximum Gasteiger partial charge on any atom is 0.273 e. The van der Waals surface area contributed by atoms with Crippen molar-refractivity contribution >= 4 is 17.2 Å². The van der Waals surface area contributed by atoms with E-state index in [-0.39, 0.29) is 17.6 Å². The van der Waals surface area contributed by atoms with Crippen LogP contribution in [0.15, 0.2) is 17.8 Å². The van der Waals surface area contributed by atoms with Gasteiger partial charge in [0.15, 0.2) is 0 Å². The van der Waals surface area contributed by atoms with Crippen LogP contribution in [0.1, 0.15) is 31.3 Å². The molecular weight excluding hydrogens is 300 g/mol. The van der Waals surface area contributed by atoms with Crippen LogP contribution in [0.4, 0.5) is 0 Å². The number of ether oxygens (including phenoxy) is 1. The number of aryl methyl sites for hydroxylation is 1. The van der Waals surface area contributed by atoms with Gasteiger partial charge in [-0.15, -0.1) is 11.3 Å². The van der Waals surface area contributed by atoms with Crippen molar-refractivity contribution in [1.82, 2.24) is 19.7 Å². The van der Waals surface area contributed by atoms with Gasteiger partial charge in [-0.05, 0) is 20.8 Å². The first-order valence-corrected chi connectivity index (χ1v) is 8.14. The maximum absolute atomic E-state index is 12.7. The van der Waals surface area contributed by atoms with Gasteiger partial charge in [0.2, 0.25) is 0 Å². The molecule has 118 valence electrons. The first kappa shape index (κ1) is 15.2. The van der Waals surface area contributed by atoms with Gasteiger partial charge >= 0.3 is 0 Å². The van der Waals surface area contributed by atoms with Crippen LogP contribution in [0.2, 0.25) is 0 Å². The average Bonchev–Trinajstić information content (AvgIpc) is 3.03. The fraction of sp³-hybridized carbons (Fsp3) is 0.533. The van der Waals surface area contributed by atoms with E-state index in [4.69, 9.17) is 4.74 Å². The summed E-state index contributed by atoms with van der Waals surface area (Å²) in [5.41, 5.74) is 1.10. The third-order valence-electron chi connectivity index (χ3n) is 3.53. The van der Waals surface area contributed by atoms with E-state index in [1.165, 1.54) is 11.3 Å². The molecule has 0 bridgehead atoms. The lowest BCUT2D eigenvalue weighted by Crippen LogP contribution is -2.53. The molecule has 0 saturated carbocycles. The summed E-state index contributed by atoms with van der Waals surface area (Å²) >= 11 is 1.47. The van der Waals surface area contributed by atoms with Crippen molar-refractivity contribution in [2.45, 2.75) is 32.5 Å². The number of carbonyl (C=O) groups excluding carboxylic acids is 1. The second-order valence-corrected chi connectivity index (χ2v) is 7.17. The zero-order chi connectivity index (χ0) is 15.9. The summed E-state index contributed by atoms with van der Waals surface area (Å²) in [6.45, 7) is 7.18. The quantitative estimate of drug-likeness (QED) is 0.851. The molecular formula is C15H20N4O2S. The molecule has 7 heteroatoms. The lowest BCUT2D eigenvalue weighted by Gasteiger charge is -2.41. The summed E-state index contributed by atoms with van der Waals surface area (Å²) in [7, 11) is 1.86. The molecule has 6 nitrogen and oxygen atoms in total. The number of thiazole rings is 1. The molecule has 1 unspecified atom stereocenters. The molecule has 0 aromatic carbocycles. The molecule has 2 aromatic heterocycles. The van der Waals surface area contributed by atoms with E-state index in [0.29, 0.717) is 18.8 Å². The predicted molar refractivity (Wildman–Crippen MR) is 84.8 cm³/mol. The third-order valence-corrected chi connectivity index (χ3v) is 4.42. The summed E-state index contributed by atoms with van der Waals surface area (Å²) in [6, 6.07) is 0. The van der Waals surface area contributed by atoms with Crippen LogP contribution < -0.4 is 0 Å². The molecule has 1 fully saturated rings. The Labute approximate surface area is 133 Å². The van der Waals surface area contributed by atoms with Crippen LogP contribution in [0.25, 0.3) is 10.6 Å². The first-order valence-electron chi connectivity index (χ1n) is 7.26. The highest BCUT2D eigenvalue weighted by molar-refractivity contribution is 7.13. The van der Waals surface area contributed by atoms with Crippen molar-refractivity contribution in [3.63, 3.8) is 0 Å². The lowest BCUT2D eigenvalue weighted by atomic mass is 10.1. The molecule has 3 rings (SSSR count). The van der Waals surface area contributed by atoms with Crippen molar-refractivity contribution < 1.29 is 9.53 Å². The molecule has 3 heterocycles. The molecule has 1 aliphatic rings. The van der Waals surface area contributed by atoms with E-state index in [1.807, 2.05) is 44.3 Å². The van der Waals surface area contributed by atoms with Gasteiger partial charge in [0.05, 0.1) is 17.9 Å². The molecule has 2 aromatic rings. The summed E-state index contributed by atoms with van der Waals surface area (Å²) in [4.78, 5) is 19.0. The van der Waals surface area contributed by atoms with Gasteiger partial charge in [-0.3, -0.25) is 9.48 Å². The Hall–Kier alpha value is -1.73. The molecule has 1 aliphatic heterocycles. The van der Waals surface area contributed by atoms with Crippen molar-refractivity contribution in [2.24, 2.45) is 7.05 Å². The van der Waals surface area contributed by atoms with Crippen molar-refractivity contribution in [1.29, 1.82) is 0 Å². The summed E-state index contributed by atoms with van der Waals surface area (Å²) in [5.74, 6) is -0.0328. The van der Waals surface area contributed by atoms with Crippen LogP contribution in [0, 0.1) is 0 Å². The molecule has 1 amide bonds. The van der Waals surface area contributed by atoms with E-state index in [1.54, 1.807) is 10.9 Å². The number of carbonyl (C=O) groups is 1. The van der Waals surface area contributed by atoms with Crippen LogP contribution in [-0.4, -0.2) is 50.4 Å². The van der Waals surface area contributed by atoms with Gasteiger partial charge in [-0.25, -0.2) is 4.98 Å². The van der Waals surface area contributed by atoms with Crippen LogP contribution >= 0.6 is 11.3 Å². The number of aromatic nitrogens is 3. The van der Waals surface area contributed by atoms with E-state index < -0.39 is 0 Å². The second kappa shape index (κ2) is 5.48. The van der Waals surface area contributed by atoms with Crippen molar-refractivity contribution in [2.75, 3.05) is 13.1 Å². The standard InChI is InChI=1S/C15H20N4O2S/c1-10-6-19(9-15(2,3)21-10)14(20)12-8-22-13(17-12)11-5-16-18(4)7-11/h5,7-8,10H,6,9H2,1-4H3. The van der Waals surface area contributed by atoms with E-state index in [2.05, 4.69) is 10.1 Å². The Balaban J connectivity index is 1.79. The zero-order valence-corrected chi connectivity index (χ0v) is 14.1. The monoisotopic (exact) mass is 320 g/mol. The summed E-state index contributed by atoms with van der Waals surface area (Å²) in [6.07, 6.45) is 3.68. The minimum absolute atomic E-state index is 0.0316. The number of amides is 1. The first-order chi connectivity index (χ1) is 10.3. The molecule has 0 N–H and O–H groups in total. The number of morpholine rings is 1. The predicted octanol–water partition coefficient (Wildman–Crippen LogP) is 2.18. The van der Waals surface area contributed by atoms with Crippen LogP contribution in [0.3, 0.4) is 0 Å². The average molecular weight is 320 g/mol. The lowest BCUT2D eigenvalue weighted by molar-refractivity contribution is -0.118. The van der Waals surface area contributed by atoms with Gasteiger partial charge in [0.1, 0.15) is 10.7 Å². The minimum atomic E-state index is -0.324. The number of rotatable bonds is 2. The topological polar surface area (TPSA) is 60.2 Å². The molecule has 1 saturated heterocycles. The Morgan fingerprint density at radius 2 is 2.27 bits per heavy atom. The van der Waals surface area contributed by atoms with Crippen LogP contribution in [0.5, 0.6) is 0 Å². The molecule has 0 aliphatic carbocycles. The van der Waals surface area contributed by atoms with E-state index in [9.17, 15) is 4.79 Å². The van der Waals surface area contributed by atoms with Crippen LogP contribution in [-0.2, 0) is 11.8 Å². The highest BCUT2D eigenvalue weighted by atomic mass is 32.1. The number of hydrogen-bond donors (Lipinski definition) is 0. The summed E-state index contributed by atoms with van der Waals surface area (Å²) in [5, 5.41) is 6.77. The largest absolute Gasteiger partial charge is 0.369 e. The van der Waals surface area contributed by atoms with Crippen molar-refractivity contribution in [3.8, 4) is 10.6 Å². The maximum atomic E-state index is 12.7. The molecule has 0 spiro atoms. The second-order valence-electron chi connectivity index (χ2n) is 6.31. The SMILES string of the molecule is CC1CN(C(=O)c2csc(-c3cnn(C)c3)n2)CC(C)(C)O1. The van der Waals surface area contributed by atoms with Gasteiger partial charge in [-0.1, -0.05) is 0 Å². The molecule has 1 atom stereocenters. The van der Waals surface area contributed by atoms with Gasteiger partial charge in [0.25, 0.3) is 5.91 Å². The normalized spacial score (nSPS) is 21.1. The highest BCUT2D eigenvalue weighted by Crippen LogP contribution is 2.26. The highest BCUT2D eigenvalue weighted by Gasteiger charge is 2.34. The van der Waals surface area contributed by atoms with Crippen molar-refractivity contribution in [3.05, 3.63) is 23.5 Å². The third kappa shape index (κ3) is 3.05. The minimum Gasteiger partial charge on any atom is -0.369 e. The molecule has 0 radical (unpaired) electrons. The van der Waals surface area contributed by atoms with Gasteiger partial charge in [-0.2, -0.15) is 5.10 Å². The van der Waals surface area contributed by atoms with E-state index in [0.717, 1.165) is 10.6 Å². The zero-order valence-electron chi connectivity index (χ0n) is 13.2. The van der Waals surface area contributed by atoms with Gasteiger partial charge in [0, 0.05) is 37.3 Å². The smallest absolute Gasteiger partial charge is 0.273 e. The Morgan fingerprint density at radius 1 is 1.50 bits per heavy atom. The number of hydrogen-bond acceptors (Lipinski definition) is 5. The fourth-order valence-corrected chi connectivity index (χ4v) is 3.58. The van der Waals surface area contributed by atoms with Gasteiger partial charge < -0.3 is 9.64 Å². The summed E-state index contributed by atoms with van der Waals surface area (Å²) < 4.78 is 7.57. The number of nitrogens with zero attached hydrogens (tertiary/aromatic N) is 4. The fourth-order valence-electron chi connectivity index (χ4n) is 2.81.